The number of hydrogen-bond acceptors (Lipinski definition) is 4. The van der Waals surface area contributed by atoms with Crippen LogP contribution in [-0.4, -0.2) is 17.3 Å². The molecule has 36 heavy (non-hydrogen) atoms. The quantitative estimate of drug-likeness (QED) is 0.190. The molecule has 0 bridgehead atoms. The van der Waals surface area contributed by atoms with Crippen molar-refractivity contribution in [2.75, 3.05) is 6.61 Å². The first kappa shape index (κ1) is 27.6. The second-order valence-corrected chi connectivity index (χ2v) is 9.70. The molecule has 0 radical (unpaired) electrons. The van der Waals surface area contributed by atoms with Crippen molar-refractivity contribution in [2.24, 2.45) is 0 Å². The van der Waals surface area contributed by atoms with Gasteiger partial charge in [-0.15, -0.1) is 0 Å². The molecule has 5 heteroatoms. The van der Waals surface area contributed by atoms with Crippen molar-refractivity contribution in [1.82, 2.24) is 4.57 Å². The highest BCUT2D eigenvalue weighted by atomic mass is 16.5. The highest BCUT2D eigenvalue weighted by Crippen LogP contribution is 2.36. The Balaban J connectivity index is 2.00. The van der Waals surface area contributed by atoms with Crippen LogP contribution in [0, 0.1) is 0 Å². The number of hydrogen-bond donors (Lipinski definition) is 0. The Morgan fingerprint density at radius 2 is 1.53 bits per heavy atom. The maximum absolute atomic E-state index is 13.7. The van der Waals surface area contributed by atoms with Crippen LogP contribution in [0.4, 0.5) is 0 Å². The van der Waals surface area contributed by atoms with Gasteiger partial charge in [-0.2, -0.15) is 0 Å². The molecule has 0 atom stereocenters. The minimum Gasteiger partial charge on any atom is -0.489 e. The van der Waals surface area contributed by atoms with Crippen LogP contribution in [0.5, 0.6) is 17.2 Å². The van der Waals surface area contributed by atoms with Gasteiger partial charge in [-0.05, 0) is 44.4 Å². The van der Waals surface area contributed by atoms with E-state index in [4.69, 9.17) is 14.2 Å². The molecule has 2 aromatic carbocycles. The monoisotopic (exact) mass is 493 g/mol. The van der Waals surface area contributed by atoms with Crippen LogP contribution >= 0.6 is 0 Å². The SMILES string of the molecule is CCCCCCOc1c(OC(C)C)c(=O)n(CCCCCC)c2cc(OCc3ccccc3)ccc12. The van der Waals surface area contributed by atoms with Gasteiger partial charge in [0.15, 0.2) is 5.75 Å². The van der Waals surface area contributed by atoms with E-state index in [-0.39, 0.29) is 11.7 Å². The second kappa shape index (κ2) is 14.6. The first-order valence-corrected chi connectivity index (χ1v) is 13.7. The van der Waals surface area contributed by atoms with Gasteiger partial charge in [0.2, 0.25) is 5.75 Å². The zero-order valence-corrected chi connectivity index (χ0v) is 22.6. The van der Waals surface area contributed by atoms with Gasteiger partial charge in [0.05, 0.1) is 18.2 Å². The van der Waals surface area contributed by atoms with Crippen LogP contribution in [0.15, 0.2) is 53.3 Å². The summed E-state index contributed by atoms with van der Waals surface area (Å²) < 4.78 is 20.3. The summed E-state index contributed by atoms with van der Waals surface area (Å²) in [5, 5.41) is 0.892. The highest BCUT2D eigenvalue weighted by molar-refractivity contribution is 5.89. The van der Waals surface area contributed by atoms with Crippen LogP contribution < -0.4 is 19.8 Å². The first-order chi connectivity index (χ1) is 17.5. The molecule has 196 valence electrons. The number of ether oxygens (including phenoxy) is 3. The van der Waals surface area contributed by atoms with Gasteiger partial charge in [-0.25, -0.2) is 0 Å². The van der Waals surface area contributed by atoms with Crippen molar-refractivity contribution in [3.8, 4) is 17.2 Å². The molecule has 0 fully saturated rings. The third-order valence-electron chi connectivity index (χ3n) is 6.23. The lowest BCUT2D eigenvalue weighted by Gasteiger charge is -2.20. The number of rotatable bonds is 16. The third-order valence-corrected chi connectivity index (χ3v) is 6.23. The third kappa shape index (κ3) is 7.78. The van der Waals surface area contributed by atoms with Crippen molar-refractivity contribution in [3.63, 3.8) is 0 Å². The van der Waals surface area contributed by atoms with Gasteiger partial charge in [-0.3, -0.25) is 4.79 Å². The topological polar surface area (TPSA) is 49.7 Å². The van der Waals surface area contributed by atoms with Crippen molar-refractivity contribution < 1.29 is 14.2 Å². The van der Waals surface area contributed by atoms with Gasteiger partial charge in [-0.1, -0.05) is 82.7 Å². The van der Waals surface area contributed by atoms with Crippen molar-refractivity contribution in [1.29, 1.82) is 0 Å². The Labute approximate surface area is 216 Å². The summed E-state index contributed by atoms with van der Waals surface area (Å²) in [4.78, 5) is 13.7. The Hall–Kier alpha value is -2.95. The summed E-state index contributed by atoms with van der Waals surface area (Å²) in [6.45, 7) is 9.96. The lowest BCUT2D eigenvalue weighted by Crippen LogP contribution is -2.25. The van der Waals surface area contributed by atoms with Gasteiger partial charge in [0.1, 0.15) is 12.4 Å². The summed E-state index contributed by atoms with van der Waals surface area (Å²) >= 11 is 0. The van der Waals surface area contributed by atoms with Crippen LogP contribution in [0.1, 0.15) is 84.6 Å². The number of nitrogens with zero attached hydrogens (tertiary/aromatic N) is 1. The maximum Gasteiger partial charge on any atom is 0.297 e. The van der Waals surface area contributed by atoms with E-state index in [9.17, 15) is 4.79 Å². The number of unbranched alkanes of at least 4 members (excludes halogenated alkanes) is 6. The van der Waals surface area contributed by atoms with Gasteiger partial charge in [0.25, 0.3) is 5.56 Å². The molecule has 1 heterocycles. The van der Waals surface area contributed by atoms with E-state index in [0.717, 1.165) is 60.7 Å². The lowest BCUT2D eigenvalue weighted by atomic mass is 10.1. The molecule has 0 spiro atoms. The molecule has 0 amide bonds. The second-order valence-electron chi connectivity index (χ2n) is 9.70. The number of aromatic nitrogens is 1. The fourth-order valence-corrected chi connectivity index (χ4v) is 4.31. The number of aryl methyl sites for hydroxylation is 1. The Morgan fingerprint density at radius 3 is 2.22 bits per heavy atom. The van der Waals surface area contributed by atoms with E-state index in [1.165, 1.54) is 12.8 Å². The van der Waals surface area contributed by atoms with Crippen LogP contribution in [0.25, 0.3) is 10.9 Å². The molecule has 5 nitrogen and oxygen atoms in total. The van der Waals surface area contributed by atoms with Gasteiger partial charge < -0.3 is 18.8 Å². The van der Waals surface area contributed by atoms with Crippen molar-refractivity contribution >= 4 is 10.9 Å². The number of pyridine rings is 1. The number of benzene rings is 2. The molecular weight excluding hydrogens is 450 g/mol. The molecular formula is C31H43NO4. The average Bonchev–Trinajstić information content (AvgIpc) is 2.88. The standard InChI is InChI=1S/C31H43NO4/c1-5-7-9-14-20-32-28-22-26(35-23-25-16-12-11-13-17-25)18-19-27(28)29(34-21-15-10-8-6-2)30(31(32)33)36-24(3)4/h11-13,16-19,22,24H,5-10,14-15,20-21,23H2,1-4H3. The molecule has 0 N–H and O–H groups in total. The maximum atomic E-state index is 13.7. The molecule has 0 aliphatic carbocycles. The van der Waals surface area contributed by atoms with Crippen molar-refractivity contribution in [2.45, 2.75) is 98.3 Å². The molecule has 3 rings (SSSR count). The van der Waals surface area contributed by atoms with E-state index < -0.39 is 0 Å². The van der Waals surface area contributed by atoms with Gasteiger partial charge >= 0.3 is 0 Å². The molecule has 0 aliphatic rings. The highest BCUT2D eigenvalue weighted by Gasteiger charge is 2.21. The van der Waals surface area contributed by atoms with Crippen molar-refractivity contribution in [3.05, 3.63) is 64.4 Å². The molecule has 0 unspecified atom stereocenters. The largest absolute Gasteiger partial charge is 0.489 e. The first-order valence-electron chi connectivity index (χ1n) is 13.7. The van der Waals surface area contributed by atoms with E-state index in [1.807, 2.05) is 66.9 Å². The Morgan fingerprint density at radius 1 is 0.806 bits per heavy atom. The molecule has 0 saturated heterocycles. The zero-order chi connectivity index (χ0) is 25.8. The summed E-state index contributed by atoms with van der Waals surface area (Å²) in [6.07, 6.45) is 8.63. The van der Waals surface area contributed by atoms with E-state index in [0.29, 0.717) is 31.3 Å². The van der Waals surface area contributed by atoms with E-state index in [1.54, 1.807) is 0 Å². The lowest BCUT2D eigenvalue weighted by molar-refractivity contribution is 0.216. The predicted octanol–water partition coefficient (Wildman–Crippen LogP) is 7.91. The minimum atomic E-state index is -0.128. The van der Waals surface area contributed by atoms with Crippen LogP contribution in [0.3, 0.4) is 0 Å². The fourth-order valence-electron chi connectivity index (χ4n) is 4.31. The summed E-state index contributed by atoms with van der Waals surface area (Å²) in [7, 11) is 0. The van der Waals surface area contributed by atoms with Crippen LogP contribution in [-0.2, 0) is 13.2 Å². The van der Waals surface area contributed by atoms with Crippen LogP contribution in [0.2, 0.25) is 0 Å². The minimum absolute atomic E-state index is 0.125. The predicted molar refractivity (Wildman–Crippen MR) is 149 cm³/mol. The Kier molecular flexibility index (Phi) is 11.2. The zero-order valence-electron chi connectivity index (χ0n) is 22.6. The normalized spacial score (nSPS) is 11.2. The smallest absolute Gasteiger partial charge is 0.297 e. The summed E-state index contributed by atoms with van der Waals surface area (Å²) in [5.74, 6) is 1.61. The molecule has 1 aromatic heterocycles. The van der Waals surface area contributed by atoms with Gasteiger partial charge in [0, 0.05) is 18.0 Å². The molecule has 0 saturated carbocycles. The molecule has 0 aliphatic heterocycles. The van der Waals surface area contributed by atoms with E-state index in [2.05, 4.69) is 13.8 Å². The summed E-state index contributed by atoms with van der Waals surface area (Å²) in [6, 6.07) is 16.0. The number of fused-ring (bicyclic) bond motifs is 1. The Bertz CT molecular complexity index is 1120. The van der Waals surface area contributed by atoms with E-state index >= 15 is 0 Å². The average molecular weight is 494 g/mol. The fraction of sp³-hybridized carbons (Fsp3) is 0.516. The molecule has 3 aromatic rings. The summed E-state index contributed by atoms with van der Waals surface area (Å²) in [5.41, 5.74) is 1.81.